The summed E-state index contributed by atoms with van der Waals surface area (Å²) in [6.07, 6.45) is 3.48. The van der Waals surface area contributed by atoms with Crippen molar-refractivity contribution in [2.45, 2.75) is 6.54 Å². The molecule has 0 spiro atoms. The number of amides is 1. The van der Waals surface area contributed by atoms with Crippen molar-refractivity contribution in [1.29, 1.82) is 0 Å². The number of carbonyl (C=O) groups is 1. The maximum atomic E-state index is 12.7. The molecule has 0 unspecified atom stereocenters. The van der Waals surface area contributed by atoms with Crippen LogP contribution in [-0.4, -0.2) is 40.8 Å². The number of carbonyl (C=O) groups excluding carboxylic acids is 1. The maximum absolute atomic E-state index is 12.7. The van der Waals surface area contributed by atoms with E-state index in [4.69, 9.17) is 4.52 Å². The van der Waals surface area contributed by atoms with Gasteiger partial charge in [-0.2, -0.15) is 15.3 Å². The molecule has 0 fully saturated rings. The fraction of sp³-hybridized carbons (Fsp3) is 0.105. The van der Waals surface area contributed by atoms with Crippen LogP contribution in [-0.2, 0) is 13.6 Å². The van der Waals surface area contributed by atoms with Crippen LogP contribution in [0.4, 0.5) is 5.82 Å². The summed E-state index contributed by atoms with van der Waals surface area (Å²) < 4.78 is 8.60. The van der Waals surface area contributed by atoms with Crippen molar-refractivity contribution in [1.82, 2.24) is 34.9 Å². The second kappa shape index (κ2) is 6.75. The number of H-pyrrole nitrogens is 1. The number of nitrogens with one attached hydrogen (secondary N) is 2. The predicted octanol–water partition coefficient (Wildman–Crippen LogP) is 2.45. The zero-order valence-corrected chi connectivity index (χ0v) is 15.4. The molecular weight excluding hydrogens is 372 g/mol. The molecule has 0 saturated heterocycles. The topological polar surface area (TPSA) is 119 Å². The minimum Gasteiger partial charge on any atom is -0.359 e. The van der Waals surface area contributed by atoms with Crippen LogP contribution in [0.1, 0.15) is 16.2 Å². The average molecular weight is 388 g/mol. The lowest BCUT2D eigenvalue weighted by molar-refractivity contribution is 0.101. The van der Waals surface area contributed by atoms with E-state index in [1.54, 1.807) is 34.9 Å². The first-order valence-electron chi connectivity index (χ1n) is 8.90. The molecule has 0 aliphatic heterocycles. The van der Waals surface area contributed by atoms with Crippen LogP contribution in [0.5, 0.6) is 0 Å². The molecule has 4 aromatic heterocycles. The number of hydrogen-bond acceptors (Lipinski definition) is 6. The van der Waals surface area contributed by atoms with Crippen LogP contribution in [0.25, 0.3) is 22.3 Å². The molecule has 0 aliphatic carbocycles. The molecule has 0 aliphatic rings. The summed E-state index contributed by atoms with van der Waals surface area (Å²) in [6.45, 7) is 0.391. The molecule has 10 heteroatoms. The second-order valence-corrected chi connectivity index (χ2v) is 6.47. The van der Waals surface area contributed by atoms with Gasteiger partial charge in [0, 0.05) is 31.1 Å². The molecule has 10 nitrogen and oxygen atoms in total. The lowest BCUT2D eigenvalue weighted by Crippen LogP contribution is -2.12. The highest BCUT2D eigenvalue weighted by molar-refractivity contribution is 6.09. The van der Waals surface area contributed by atoms with Crippen molar-refractivity contribution in [3.8, 4) is 11.3 Å². The van der Waals surface area contributed by atoms with Gasteiger partial charge in [0.25, 0.3) is 5.91 Å². The van der Waals surface area contributed by atoms with E-state index < -0.39 is 5.91 Å². The third kappa shape index (κ3) is 3.06. The molecular formula is C19H16N8O2. The highest BCUT2D eigenvalue weighted by Gasteiger charge is 2.21. The van der Waals surface area contributed by atoms with Crippen LogP contribution < -0.4 is 5.32 Å². The number of anilines is 1. The molecule has 4 heterocycles. The molecule has 144 valence electrons. The summed E-state index contributed by atoms with van der Waals surface area (Å²) in [5.41, 5.74) is 2.46. The molecule has 0 bridgehead atoms. The van der Waals surface area contributed by atoms with Crippen LogP contribution in [0.15, 0.2) is 59.4 Å². The number of benzene rings is 1. The minimum absolute atomic E-state index is 0.167. The largest absolute Gasteiger partial charge is 0.359 e. The van der Waals surface area contributed by atoms with E-state index in [9.17, 15) is 4.79 Å². The first-order valence-corrected chi connectivity index (χ1v) is 8.90. The predicted molar refractivity (Wildman–Crippen MR) is 104 cm³/mol. The summed E-state index contributed by atoms with van der Waals surface area (Å²) in [6, 6.07) is 13.1. The Balaban J connectivity index is 1.43. The highest BCUT2D eigenvalue weighted by atomic mass is 16.5. The summed E-state index contributed by atoms with van der Waals surface area (Å²) in [5, 5.41) is 23.2. The van der Waals surface area contributed by atoms with Gasteiger partial charge in [-0.05, 0) is 6.07 Å². The van der Waals surface area contributed by atoms with E-state index in [-0.39, 0.29) is 5.69 Å². The van der Waals surface area contributed by atoms with Gasteiger partial charge in [-0.1, -0.05) is 35.5 Å². The van der Waals surface area contributed by atoms with Gasteiger partial charge in [0.15, 0.2) is 17.1 Å². The Bertz CT molecular complexity index is 1280. The monoisotopic (exact) mass is 388 g/mol. The van der Waals surface area contributed by atoms with Crippen molar-refractivity contribution < 1.29 is 9.32 Å². The maximum Gasteiger partial charge on any atom is 0.279 e. The Morgan fingerprint density at radius 1 is 1.24 bits per heavy atom. The van der Waals surface area contributed by atoms with Crippen LogP contribution in [0.2, 0.25) is 0 Å². The number of rotatable bonds is 5. The lowest BCUT2D eigenvalue weighted by atomic mass is 10.1. The Labute approximate surface area is 164 Å². The van der Waals surface area contributed by atoms with Crippen molar-refractivity contribution in [2.24, 2.45) is 7.05 Å². The van der Waals surface area contributed by atoms with Gasteiger partial charge in [0.2, 0.25) is 0 Å². The number of aromatic amines is 1. The van der Waals surface area contributed by atoms with Crippen molar-refractivity contribution in [2.75, 3.05) is 5.32 Å². The quantitative estimate of drug-likeness (QED) is 0.477. The normalized spacial score (nSPS) is 11.2. The van der Waals surface area contributed by atoms with E-state index in [0.29, 0.717) is 23.8 Å². The molecule has 2 N–H and O–H groups in total. The summed E-state index contributed by atoms with van der Waals surface area (Å²) in [4.78, 5) is 12.7. The fourth-order valence-corrected chi connectivity index (χ4v) is 3.15. The number of fused-ring (bicyclic) bond motifs is 1. The third-order valence-corrected chi connectivity index (χ3v) is 4.49. The van der Waals surface area contributed by atoms with Gasteiger partial charge in [0.05, 0.1) is 5.39 Å². The van der Waals surface area contributed by atoms with Crippen LogP contribution in [0, 0.1) is 0 Å². The second-order valence-electron chi connectivity index (χ2n) is 6.47. The van der Waals surface area contributed by atoms with Crippen molar-refractivity contribution in [3.05, 3.63) is 66.3 Å². The zero-order valence-electron chi connectivity index (χ0n) is 15.4. The Morgan fingerprint density at radius 3 is 2.90 bits per heavy atom. The summed E-state index contributed by atoms with van der Waals surface area (Å²) in [7, 11) is 1.81. The molecule has 0 radical (unpaired) electrons. The van der Waals surface area contributed by atoms with Gasteiger partial charge >= 0.3 is 0 Å². The van der Waals surface area contributed by atoms with Gasteiger partial charge in [0.1, 0.15) is 18.1 Å². The molecule has 1 aromatic carbocycles. The SMILES string of the molecule is Cn1nc(-c2ccccc2)c2c(NC(=O)c3cc(Cn4cccn4)on3)[nH]nc21. The summed E-state index contributed by atoms with van der Waals surface area (Å²) >= 11 is 0. The van der Waals surface area contributed by atoms with E-state index in [1.165, 1.54) is 0 Å². The smallest absolute Gasteiger partial charge is 0.279 e. The van der Waals surface area contributed by atoms with Gasteiger partial charge < -0.3 is 9.84 Å². The van der Waals surface area contributed by atoms with Gasteiger partial charge in [-0.25, -0.2) is 4.68 Å². The minimum atomic E-state index is -0.408. The first kappa shape index (κ1) is 16.9. The Morgan fingerprint density at radius 2 is 2.10 bits per heavy atom. The van der Waals surface area contributed by atoms with E-state index in [2.05, 4.69) is 30.9 Å². The molecule has 1 amide bonds. The zero-order chi connectivity index (χ0) is 19.8. The number of hydrogen-bond donors (Lipinski definition) is 2. The average Bonchev–Trinajstić information content (AvgIpc) is 3.51. The molecule has 5 rings (SSSR count). The summed E-state index contributed by atoms with van der Waals surface area (Å²) in [5.74, 6) is 0.572. The van der Waals surface area contributed by atoms with Crippen LogP contribution in [0.3, 0.4) is 0 Å². The highest BCUT2D eigenvalue weighted by Crippen LogP contribution is 2.31. The number of aryl methyl sites for hydroxylation is 1. The molecule has 29 heavy (non-hydrogen) atoms. The molecule has 0 atom stereocenters. The van der Waals surface area contributed by atoms with Gasteiger partial charge in [-0.15, -0.1) is 0 Å². The third-order valence-electron chi connectivity index (χ3n) is 4.49. The van der Waals surface area contributed by atoms with Crippen molar-refractivity contribution in [3.63, 3.8) is 0 Å². The number of nitrogens with zero attached hydrogens (tertiary/aromatic N) is 6. The van der Waals surface area contributed by atoms with Crippen LogP contribution >= 0.6 is 0 Å². The Kier molecular flexibility index (Phi) is 3.94. The molecule has 5 aromatic rings. The standard InChI is InChI=1S/C19H16N8O2/c1-26-18-15(16(24-26)12-6-3-2-4-7-12)17(22-23-18)21-19(28)14-10-13(29-25-14)11-27-9-5-8-20-27/h2-10H,11H2,1H3,(H2,21,22,23,28). The number of aromatic nitrogens is 7. The fourth-order valence-electron chi connectivity index (χ4n) is 3.15. The first-order chi connectivity index (χ1) is 14.2. The lowest BCUT2D eigenvalue weighted by Gasteiger charge is -2.01. The van der Waals surface area contributed by atoms with Gasteiger partial charge in [-0.3, -0.25) is 14.6 Å². The van der Waals surface area contributed by atoms with Crippen molar-refractivity contribution >= 4 is 22.8 Å². The van der Waals surface area contributed by atoms with E-state index in [0.717, 1.165) is 16.6 Å². The Hall–Kier alpha value is -4.21. The van der Waals surface area contributed by atoms with E-state index >= 15 is 0 Å². The molecule has 0 saturated carbocycles. The van der Waals surface area contributed by atoms with E-state index in [1.807, 2.05) is 36.4 Å².